The predicted octanol–water partition coefficient (Wildman–Crippen LogP) is 3.96. The fourth-order valence-electron chi connectivity index (χ4n) is 3.58. The van der Waals surface area contributed by atoms with E-state index in [9.17, 15) is 9.18 Å². The lowest BCUT2D eigenvalue weighted by atomic mass is 10.1. The molecule has 4 heterocycles. The lowest BCUT2D eigenvalue weighted by Crippen LogP contribution is -2.34. The number of carbonyl (C=O) groups excluding carboxylic acids is 1. The maximum atomic E-state index is 14.4. The van der Waals surface area contributed by atoms with Crippen molar-refractivity contribution in [2.24, 2.45) is 0 Å². The Morgan fingerprint density at radius 2 is 2.10 bits per heavy atom. The normalized spacial score (nSPS) is 15.7. The third-order valence-corrected chi connectivity index (χ3v) is 6.07. The van der Waals surface area contributed by atoms with Gasteiger partial charge < -0.3 is 10.6 Å². The highest BCUT2D eigenvalue weighted by Gasteiger charge is 2.25. The van der Waals surface area contributed by atoms with Crippen molar-refractivity contribution in [3.05, 3.63) is 47.0 Å². The zero-order valence-electron chi connectivity index (χ0n) is 16.2. The van der Waals surface area contributed by atoms with Gasteiger partial charge in [0.2, 0.25) is 5.82 Å². The van der Waals surface area contributed by atoms with Gasteiger partial charge in [-0.15, -0.1) is 11.3 Å². The Morgan fingerprint density at radius 3 is 2.93 bits per heavy atom. The van der Waals surface area contributed by atoms with E-state index in [1.54, 1.807) is 13.0 Å². The minimum absolute atomic E-state index is 0.0352. The first-order valence-electron chi connectivity index (χ1n) is 9.42. The quantitative estimate of drug-likeness (QED) is 0.458. The van der Waals surface area contributed by atoms with Crippen molar-refractivity contribution in [2.45, 2.75) is 19.9 Å². The van der Waals surface area contributed by atoms with E-state index in [-0.39, 0.29) is 23.5 Å². The third-order valence-electron chi connectivity index (χ3n) is 4.91. The summed E-state index contributed by atoms with van der Waals surface area (Å²) in [4.78, 5) is 26.0. The molecule has 5 rings (SSSR count). The lowest BCUT2D eigenvalue weighted by Gasteiger charge is -2.10. The fourth-order valence-corrected chi connectivity index (χ4v) is 4.67. The van der Waals surface area contributed by atoms with Crippen molar-refractivity contribution < 1.29 is 9.18 Å². The summed E-state index contributed by atoms with van der Waals surface area (Å²) >= 11 is 1.45. The van der Waals surface area contributed by atoms with E-state index in [2.05, 4.69) is 37.4 Å². The molecule has 0 saturated carbocycles. The molecule has 1 amide bonds. The minimum atomic E-state index is -0.554. The van der Waals surface area contributed by atoms with Gasteiger partial charge in [0, 0.05) is 28.1 Å². The Kier molecular flexibility index (Phi) is 4.33. The van der Waals surface area contributed by atoms with Crippen LogP contribution in [-0.2, 0) is 0 Å². The van der Waals surface area contributed by atoms with Crippen LogP contribution in [0.1, 0.15) is 29.3 Å². The summed E-state index contributed by atoms with van der Waals surface area (Å²) in [6.07, 6.45) is 1.11. The molecule has 0 spiro atoms. The number of thiophene rings is 1. The maximum absolute atomic E-state index is 14.4. The van der Waals surface area contributed by atoms with Gasteiger partial charge in [0.1, 0.15) is 10.6 Å². The highest BCUT2D eigenvalue weighted by Crippen LogP contribution is 2.41. The Hall–Kier alpha value is -3.57. The summed E-state index contributed by atoms with van der Waals surface area (Å²) in [6.45, 7) is 4.27. The van der Waals surface area contributed by atoms with E-state index in [4.69, 9.17) is 0 Å². The third kappa shape index (κ3) is 2.95. The van der Waals surface area contributed by atoms with Crippen molar-refractivity contribution in [3.8, 4) is 23.2 Å². The summed E-state index contributed by atoms with van der Waals surface area (Å²) in [5.41, 5.74) is 2.04. The van der Waals surface area contributed by atoms with Gasteiger partial charge in [-0.25, -0.2) is 19.3 Å². The summed E-state index contributed by atoms with van der Waals surface area (Å²) < 4.78 is 15.4. The number of amides is 1. The van der Waals surface area contributed by atoms with Crippen LogP contribution in [0, 0.1) is 17.7 Å². The second-order valence-electron chi connectivity index (χ2n) is 7.03. The van der Waals surface area contributed by atoms with E-state index in [0.29, 0.717) is 22.6 Å². The van der Waals surface area contributed by atoms with E-state index in [0.717, 1.165) is 27.4 Å². The first-order chi connectivity index (χ1) is 14.5. The number of carbonyl (C=O) groups is 1. The van der Waals surface area contributed by atoms with Crippen LogP contribution in [0.3, 0.4) is 0 Å². The van der Waals surface area contributed by atoms with E-state index in [1.807, 2.05) is 25.1 Å². The summed E-state index contributed by atoms with van der Waals surface area (Å²) in [5.74, 6) is 5.07. The standard InChI is InChI=1S/C22H16FN5OS/c1-3-4-17-24-10-13(23)19(28-17)15-6-5-12-14(27-15)7-8-16-18(12)20-21(30-16)22(29)26-11(2)9-25-20/h5-8,10-11,25H,9H2,1-2H3,(H,26,29)/t11-/m1/s1. The van der Waals surface area contributed by atoms with Gasteiger partial charge in [0.25, 0.3) is 5.91 Å². The molecule has 1 aromatic carbocycles. The molecule has 0 saturated heterocycles. The molecule has 1 aliphatic rings. The van der Waals surface area contributed by atoms with Gasteiger partial charge in [-0.3, -0.25) is 4.79 Å². The topological polar surface area (TPSA) is 79.8 Å². The van der Waals surface area contributed by atoms with E-state index >= 15 is 0 Å². The number of pyridine rings is 1. The van der Waals surface area contributed by atoms with Gasteiger partial charge in [-0.1, -0.05) is 5.92 Å². The number of anilines is 1. The van der Waals surface area contributed by atoms with Crippen molar-refractivity contribution in [3.63, 3.8) is 0 Å². The second kappa shape index (κ2) is 7.04. The Morgan fingerprint density at radius 1 is 1.23 bits per heavy atom. The molecule has 0 radical (unpaired) electrons. The molecule has 0 unspecified atom stereocenters. The first-order valence-corrected chi connectivity index (χ1v) is 10.2. The summed E-state index contributed by atoms with van der Waals surface area (Å²) in [6, 6.07) is 7.49. The van der Waals surface area contributed by atoms with Crippen molar-refractivity contribution >= 4 is 43.9 Å². The van der Waals surface area contributed by atoms with E-state index < -0.39 is 5.82 Å². The number of halogens is 1. The molecule has 0 fully saturated rings. The second-order valence-corrected chi connectivity index (χ2v) is 8.08. The molecule has 148 valence electrons. The van der Waals surface area contributed by atoms with Crippen LogP contribution >= 0.6 is 11.3 Å². The SMILES string of the molecule is CC#Cc1ncc(F)c(-c2ccc3c(ccc4sc5c(c43)NC[C@@H](C)NC5=O)n2)n1. The smallest absolute Gasteiger partial charge is 0.263 e. The fraction of sp³-hybridized carbons (Fsp3) is 0.182. The monoisotopic (exact) mass is 417 g/mol. The van der Waals surface area contributed by atoms with E-state index in [1.165, 1.54) is 11.3 Å². The number of rotatable bonds is 1. The van der Waals surface area contributed by atoms with Gasteiger partial charge in [-0.05, 0) is 44.0 Å². The molecule has 4 aromatic rings. The molecule has 0 bridgehead atoms. The highest BCUT2D eigenvalue weighted by molar-refractivity contribution is 7.21. The number of hydrogen-bond donors (Lipinski definition) is 2. The van der Waals surface area contributed by atoms with Crippen LogP contribution in [0.15, 0.2) is 30.5 Å². The molecule has 6 nitrogen and oxygen atoms in total. The summed E-state index contributed by atoms with van der Waals surface area (Å²) in [7, 11) is 0. The molecule has 0 aliphatic carbocycles. The van der Waals surface area contributed by atoms with Crippen molar-refractivity contribution in [1.29, 1.82) is 0 Å². The predicted molar refractivity (Wildman–Crippen MR) is 116 cm³/mol. The minimum Gasteiger partial charge on any atom is -0.381 e. The van der Waals surface area contributed by atoms with Crippen LogP contribution in [0.25, 0.3) is 32.4 Å². The average Bonchev–Trinajstić information content (AvgIpc) is 3.06. The van der Waals surface area contributed by atoms with Crippen LogP contribution < -0.4 is 10.6 Å². The Balaban J connectivity index is 1.70. The highest BCUT2D eigenvalue weighted by atomic mass is 32.1. The first kappa shape index (κ1) is 18.5. The number of aromatic nitrogens is 3. The Bertz CT molecular complexity index is 1400. The van der Waals surface area contributed by atoms with Crippen LogP contribution in [-0.4, -0.2) is 33.4 Å². The van der Waals surface area contributed by atoms with Gasteiger partial charge in [0.15, 0.2) is 5.82 Å². The van der Waals surface area contributed by atoms with Crippen LogP contribution in [0.5, 0.6) is 0 Å². The van der Waals surface area contributed by atoms with Crippen LogP contribution in [0.2, 0.25) is 0 Å². The average molecular weight is 417 g/mol. The largest absolute Gasteiger partial charge is 0.381 e. The number of nitrogens with one attached hydrogen (secondary N) is 2. The molecule has 8 heteroatoms. The molecule has 3 aromatic heterocycles. The molecule has 1 atom stereocenters. The molecular formula is C22H16FN5OS. The van der Waals surface area contributed by atoms with Gasteiger partial charge >= 0.3 is 0 Å². The van der Waals surface area contributed by atoms with Gasteiger partial charge in [-0.2, -0.15) is 0 Å². The zero-order chi connectivity index (χ0) is 20.8. The van der Waals surface area contributed by atoms with Crippen molar-refractivity contribution in [1.82, 2.24) is 20.3 Å². The molecule has 1 aliphatic heterocycles. The molecule has 2 N–H and O–H groups in total. The number of nitrogens with zero attached hydrogens (tertiary/aromatic N) is 3. The van der Waals surface area contributed by atoms with Crippen molar-refractivity contribution in [2.75, 3.05) is 11.9 Å². The van der Waals surface area contributed by atoms with Gasteiger partial charge in [0.05, 0.1) is 23.1 Å². The number of benzene rings is 1. The number of fused-ring (bicyclic) bond motifs is 5. The zero-order valence-corrected chi connectivity index (χ0v) is 17.0. The maximum Gasteiger partial charge on any atom is 0.263 e. The molecule has 30 heavy (non-hydrogen) atoms. The Labute approximate surface area is 175 Å². The van der Waals surface area contributed by atoms with Crippen LogP contribution in [0.4, 0.5) is 10.1 Å². The molecular weight excluding hydrogens is 401 g/mol. The lowest BCUT2D eigenvalue weighted by molar-refractivity contribution is 0.0949. The number of hydrogen-bond acceptors (Lipinski definition) is 6. The summed E-state index contributed by atoms with van der Waals surface area (Å²) in [5, 5.41) is 8.24.